The Kier molecular flexibility index (Phi) is 5.97. The molecule has 0 saturated carbocycles. The summed E-state index contributed by atoms with van der Waals surface area (Å²) in [6.45, 7) is 4.12. The Morgan fingerprint density at radius 3 is 2.18 bits per heavy atom. The van der Waals surface area contributed by atoms with Crippen LogP contribution in [0.4, 0.5) is 11.4 Å². The summed E-state index contributed by atoms with van der Waals surface area (Å²) in [4.78, 5) is 16.5. The molecule has 0 aliphatic carbocycles. The fourth-order valence-electron chi connectivity index (χ4n) is 2.63. The average molecular weight is 370 g/mol. The fourth-order valence-corrected chi connectivity index (χ4v) is 2.63. The van der Waals surface area contributed by atoms with Crippen LogP contribution < -0.4 is 11.2 Å². The van der Waals surface area contributed by atoms with E-state index in [0.29, 0.717) is 11.3 Å². The first-order valence-corrected chi connectivity index (χ1v) is 8.91. The quantitative estimate of drug-likeness (QED) is 0.396. The Morgan fingerprint density at radius 2 is 1.54 bits per heavy atom. The second kappa shape index (κ2) is 8.77. The number of amides is 1. The topological polar surface area (TPSA) is 79.8 Å². The zero-order chi connectivity index (χ0) is 19.9. The molecule has 1 amide bonds. The smallest absolute Gasteiger partial charge is 0.271 e. The second-order valence-corrected chi connectivity index (χ2v) is 6.54. The van der Waals surface area contributed by atoms with Crippen molar-refractivity contribution in [2.75, 3.05) is 5.73 Å². The molecule has 0 saturated heterocycles. The number of carbonyl (C=O) groups is 1. The SMILES string of the molecule is Cc1ccc(N=Cc2ccc(C=NNC(=O)c3ccc(N)cc3)cc2)c(C)c1. The van der Waals surface area contributed by atoms with Gasteiger partial charge in [-0.25, -0.2) is 5.43 Å². The van der Waals surface area contributed by atoms with Gasteiger partial charge in [0, 0.05) is 17.5 Å². The Hall–Kier alpha value is -3.73. The molecule has 3 N–H and O–H groups in total. The normalized spacial score (nSPS) is 11.2. The first-order chi connectivity index (χ1) is 13.5. The van der Waals surface area contributed by atoms with Gasteiger partial charge in [0.25, 0.3) is 5.91 Å². The summed E-state index contributed by atoms with van der Waals surface area (Å²) in [6.07, 6.45) is 3.43. The molecule has 0 aromatic heterocycles. The number of nitrogens with two attached hydrogens (primary N) is 1. The molecule has 0 aliphatic heterocycles. The van der Waals surface area contributed by atoms with E-state index >= 15 is 0 Å². The molecule has 0 aliphatic rings. The van der Waals surface area contributed by atoms with Gasteiger partial charge in [-0.1, -0.05) is 42.0 Å². The summed E-state index contributed by atoms with van der Waals surface area (Å²) in [6, 6.07) is 20.6. The Balaban J connectivity index is 1.59. The van der Waals surface area contributed by atoms with E-state index in [1.54, 1.807) is 30.5 Å². The molecule has 140 valence electrons. The number of hydrogen-bond acceptors (Lipinski definition) is 4. The Morgan fingerprint density at radius 1 is 0.893 bits per heavy atom. The van der Waals surface area contributed by atoms with Crippen molar-refractivity contribution in [3.05, 3.63) is 94.5 Å². The zero-order valence-electron chi connectivity index (χ0n) is 15.9. The minimum Gasteiger partial charge on any atom is -0.399 e. The highest BCUT2D eigenvalue weighted by molar-refractivity contribution is 5.95. The maximum atomic E-state index is 12.0. The van der Waals surface area contributed by atoms with Crippen LogP contribution >= 0.6 is 0 Å². The summed E-state index contributed by atoms with van der Waals surface area (Å²) in [5.41, 5.74) is 14.4. The molecule has 0 heterocycles. The molecule has 5 heteroatoms. The van der Waals surface area contributed by atoms with Crippen molar-refractivity contribution < 1.29 is 4.79 Å². The van der Waals surface area contributed by atoms with Crippen molar-refractivity contribution in [3.8, 4) is 0 Å². The Labute approximate surface area is 164 Å². The van der Waals surface area contributed by atoms with Crippen LogP contribution in [0.25, 0.3) is 0 Å². The molecule has 0 atom stereocenters. The van der Waals surface area contributed by atoms with Crippen molar-refractivity contribution in [1.82, 2.24) is 5.43 Å². The number of nitrogens with zero attached hydrogens (tertiary/aromatic N) is 2. The van der Waals surface area contributed by atoms with Crippen LogP contribution in [0.2, 0.25) is 0 Å². The van der Waals surface area contributed by atoms with Gasteiger partial charge < -0.3 is 5.73 Å². The third kappa shape index (κ3) is 5.14. The van der Waals surface area contributed by atoms with Crippen molar-refractivity contribution in [2.45, 2.75) is 13.8 Å². The first kappa shape index (κ1) is 19.0. The molecule has 0 unspecified atom stereocenters. The number of hydrogen-bond donors (Lipinski definition) is 2. The lowest BCUT2D eigenvalue weighted by Gasteiger charge is -2.01. The number of aryl methyl sites for hydroxylation is 2. The highest BCUT2D eigenvalue weighted by atomic mass is 16.2. The third-order valence-electron chi connectivity index (χ3n) is 4.19. The standard InChI is InChI=1S/C23H22N4O/c1-16-3-12-22(17(2)13-16)25-14-18-4-6-19(7-5-18)15-26-27-23(28)20-8-10-21(24)11-9-20/h3-15H,24H2,1-2H3,(H,27,28). The van der Waals surface area contributed by atoms with E-state index in [-0.39, 0.29) is 5.91 Å². The number of aliphatic imine (C=N–C) groups is 1. The van der Waals surface area contributed by atoms with Gasteiger partial charge in [-0.05, 0) is 60.9 Å². The summed E-state index contributed by atoms with van der Waals surface area (Å²) in [5.74, 6) is -0.284. The summed E-state index contributed by atoms with van der Waals surface area (Å²) < 4.78 is 0. The molecule has 0 spiro atoms. The van der Waals surface area contributed by atoms with E-state index in [9.17, 15) is 4.79 Å². The number of nitrogens with one attached hydrogen (secondary N) is 1. The minimum absolute atomic E-state index is 0.284. The highest BCUT2D eigenvalue weighted by Gasteiger charge is 2.02. The predicted octanol–water partition coefficient (Wildman–Crippen LogP) is 4.40. The van der Waals surface area contributed by atoms with Gasteiger partial charge in [0.2, 0.25) is 0 Å². The molecular weight excluding hydrogens is 348 g/mol. The van der Waals surface area contributed by atoms with Gasteiger partial charge in [-0.2, -0.15) is 5.10 Å². The van der Waals surface area contributed by atoms with Crippen molar-refractivity contribution in [1.29, 1.82) is 0 Å². The number of anilines is 1. The van der Waals surface area contributed by atoms with Crippen LogP contribution in [0, 0.1) is 13.8 Å². The lowest BCUT2D eigenvalue weighted by molar-refractivity contribution is 0.0955. The Bertz CT molecular complexity index is 1020. The highest BCUT2D eigenvalue weighted by Crippen LogP contribution is 2.19. The second-order valence-electron chi connectivity index (χ2n) is 6.54. The molecule has 3 rings (SSSR count). The first-order valence-electron chi connectivity index (χ1n) is 8.91. The largest absolute Gasteiger partial charge is 0.399 e. The zero-order valence-corrected chi connectivity index (χ0v) is 15.9. The molecule has 5 nitrogen and oxygen atoms in total. The minimum atomic E-state index is -0.284. The predicted molar refractivity (Wildman–Crippen MR) is 116 cm³/mol. The van der Waals surface area contributed by atoms with E-state index in [1.807, 2.05) is 36.5 Å². The van der Waals surface area contributed by atoms with Crippen LogP contribution in [0.1, 0.15) is 32.6 Å². The van der Waals surface area contributed by atoms with Crippen molar-refractivity contribution in [3.63, 3.8) is 0 Å². The van der Waals surface area contributed by atoms with Crippen LogP contribution in [-0.4, -0.2) is 18.3 Å². The van der Waals surface area contributed by atoms with Crippen molar-refractivity contribution in [2.24, 2.45) is 10.1 Å². The maximum absolute atomic E-state index is 12.0. The molecule has 0 fully saturated rings. The van der Waals surface area contributed by atoms with Gasteiger partial charge in [0.15, 0.2) is 0 Å². The fraction of sp³-hybridized carbons (Fsp3) is 0.0870. The van der Waals surface area contributed by atoms with Crippen LogP contribution in [0.15, 0.2) is 76.8 Å². The van der Waals surface area contributed by atoms with E-state index < -0.39 is 0 Å². The van der Waals surface area contributed by atoms with E-state index in [2.05, 4.69) is 41.5 Å². The monoisotopic (exact) mass is 370 g/mol. The molecular formula is C23H22N4O. The van der Waals surface area contributed by atoms with Gasteiger partial charge in [-0.3, -0.25) is 9.79 Å². The lowest BCUT2D eigenvalue weighted by Crippen LogP contribution is -2.17. The van der Waals surface area contributed by atoms with E-state index in [0.717, 1.165) is 22.4 Å². The molecule has 28 heavy (non-hydrogen) atoms. The van der Waals surface area contributed by atoms with Gasteiger partial charge >= 0.3 is 0 Å². The molecule has 3 aromatic carbocycles. The molecule has 0 radical (unpaired) electrons. The number of carbonyl (C=O) groups excluding carboxylic acids is 1. The van der Waals surface area contributed by atoms with Crippen LogP contribution in [0.3, 0.4) is 0 Å². The van der Waals surface area contributed by atoms with Crippen LogP contribution in [-0.2, 0) is 0 Å². The number of hydrazone groups is 1. The summed E-state index contributed by atoms with van der Waals surface area (Å²) >= 11 is 0. The maximum Gasteiger partial charge on any atom is 0.271 e. The number of rotatable bonds is 5. The van der Waals surface area contributed by atoms with Crippen LogP contribution in [0.5, 0.6) is 0 Å². The van der Waals surface area contributed by atoms with E-state index in [1.165, 1.54) is 5.56 Å². The number of benzene rings is 3. The summed E-state index contributed by atoms with van der Waals surface area (Å²) in [7, 11) is 0. The van der Waals surface area contributed by atoms with Gasteiger partial charge in [0.1, 0.15) is 0 Å². The van der Waals surface area contributed by atoms with Crippen molar-refractivity contribution >= 4 is 29.7 Å². The van der Waals surface area contributed by atoms with Gasteiger partial charge in [0.05, 0.1) is 11.9 Å². The molecule has 3 aromatic rings. The average Bonchev–Trinajstić information content (AvgIpc) is 2.69. The third-order valence-corrected chi connectivity index (χ3v) is 4.19. The lowest BCUT2D eigenvalue weighted by atomic mass is 10.1. The molecule has 0 bridgehead atoms. The summed E-state index contributed by atoms with van der Waals surface area (Å²) in [5, 5.41) is 3.99. The number of nitrogen functional groups attached to an aromatic ring is 1. The van der Waals surface area contributed by atoms with Gasteiger partial charge in [-0.15, -0.1) is 0 Å². The van der Waals surface area contributed by atoms with E-state index in [4.69, 9.17) is 5.73 Å².